The Morgan fingerprint density at radius 2 is 1.68 bits per heavy atom. The quantitative estimate of drug-likeness (QED) is 0.380. The number of thiazole rings is 1. The van der Waals surface area contributed by atoms with E-state index >= 15 is 0 Å². The Morgan fingerprint density at radius 3 is 2.34 bits per heavy atom. The predicted octanol–water partition coefficient (Wildman–Crippen LogP) is 8.24. The summed E-state index contributed by atoms with van der Waals surface area (Å²) in [5.41, 5.74) is 4.14. The van der Waals surface area contributed by atoms with Gasteiger partial charge in [-0.1, -0.05) is 61.0 Å². The first-order chi connectivity index (χ1) is 17.6. The molecule has 38 heavy (non-hydrogen) atoms. The molecular formula is C33H50N2O2S. The maximum Gasteiger partial charge on any atom is 0.159 e. The molecule has 1 heterocycles. The van der Waals surface area contributed by atoms with E-state index < -0.39 is 5.72 Å². The zero-order valence-corrected chi connectivity index (χ0v) is 25.9. The molecule has 5 aliphatic carbocycles. The first-order valence-corrected chi connectivity index (χ1v) is 16.2. The molecule has 0 spiro atoms. The SMILES string of the molecule is CC(C)C1=C2[C@H]3CC[C@@H]4[C@@]5(C)CC[C@@](O)(Nc6cscn6)C(C)(C)[C@@H]5CC[C@@]4(C)[C@]3(C)CC[C@@]2(C)CC1=O. The Hall–Kier alpha value is -1.20. The Morgan fingerprint density at radius 1 is 0.947 bits per heavy atom. The van der Waals surface area contributed by atoms with Gasteiger partial charge in [-0.3, -0.25) is 4.79 Å². The molecule has 4 nitrogen and oxygen atoms in total. The first kappa shape index (κ1) is 27.0. The molecule has 5 aliphatic rings. The zero-order chi connectivity index (χ0) is 27.5. The molecule has 0 amide bonds. The van der Waals surface area contributed by atoms with E-state index in [-0.39, 0.29) is 27.1 Å². The smallest absolute Gasteiger partial charge is 0.159 e. The van der Waals surface area contributed by atoms with Gasteiger partial charge in [0.25, 0.3) is 0 Å². The standard InChI is InChI=1S/C33H50N2O2S/c1-20(2)26-22(36)17-29(5)13-15-31(7)21(27(26)29)9-10-24-30(6)14-16-33(37,35-25-18-38-19-34-25)28(3,4)23(30)11-12-32(24,31)8/h18-21,23-24,35,37H,9-17H2,1-8H3/t21-,23+,24-,29+,30+,31-,32-,33+/m1/s1. The molecule has 210 valence electrons. The van der Waals surface area contributed by atoms with Crippen LogP contribution in [0.4, 0.5) is 5.82 Å². The maximum atomic E-state index is 13.3. The van der Waals surface area contributed by atoms with Crippen LogP contribution in [-0.4, -0.2) is 21.6 Å². The predicted molar refractivity (Wildman–Crippen MR) is 156 cm³/mol. The Kier molecular flexibility index (Phi) is 5.81. The molecule has 5 heteroatoms. The highest BCUT2D eigenvalue weighted by molar-refractivity contribution is 7.07. The number of carbonyl (C=O) groups excluding carboxylic acids is 1. The first-order valence-electron chi connectivity index (χ1n) is 15.3. The van der Waals surface area contributed by atoms with Crippen molar-refractivity contribution in [1.29, 1.82) is 0 Å². The molecule has 2 N–H and O–H groups in total. The monoisotopic (exact) mass is 538 g/mol. The van der Waals surface area contributed by atoms with Crippen molar-refractivity contribution in [3.8, 4) is 0 Å². The molecule has 0 radical (unpaired) electrons. The number of aromatic nitrogens is 1. The van der Waals surface area contributed by atoms with Gasteiger partial charge in [0.05, 0.1) is 5.51 Å². The number of aliphatic hydroxyl groups is 1. The number of Topliss-reactive ketones (excluding diaryl/α,β-unsaturated/α-hetero) is 1. The summed E-state index contributed by atoms with van der Waals surface area (Å²) >= 11 is 1.57. The normalized spacial score (nSPS) is 47.8. The molecule has 4 fully saturated rings. The summed E-state index contributed by atoms with van der Waals surface area (Å²) in [5, 5.41) is 17.6. The van der Waals surface area contributed by atoms with Crippen LogP contribution in [0, 0.1) is 50.7 Å². The van der Waals surface area contributed by atoms with Gasteiger partial charge in [-0.2, -0.15) is 0 Å². The molecule has 4 saturated carbocycles. The van der Waals surface area contributed by atoms with Crippen LogP contribution in [0.1, 0.15) is 113 Å². The van der Waals surface area contributed by atoms with Gasteiger partial charge in [0.2, 0.25) is 0 Å². The Labute approximate surface area is 234 Å². The van der Waals surface area contributed by atoms with E-state index in [2.05, 4.69) is 65.7 Å². The number of ketones is 1. The van der Waals surface area contributed by atoms with E-state index in [0.717, 1.165) is 37.9 Å². The summed E-state index contributed by atoms with van der Waals surface area (Å²) in [6.07, 6.45) is 9.78. The van der Waals surface area contributed by atoms with Gasteiger partial charge in [0, 0.05) is 17.2 Å². The van der Waals surface area contributed by atoms with Crippen molar-refractivity contribution in [3.63, 3.8) is 0 Å². The van der Waals surface area contributed by atoms with Crippen LogP contribution < -0.4 is 5.32 Å². The highest BCUT2D eigenvalue weighted by Crippen LogP contribution is 2.77. The summed E-state index contributed by atoms with van der Waals surface area (Å²) in [4.78, 5) is 17.8. The lowest BCUT2D eigenvalue weighted by atomic mass is 9.32. The fraction of sp³-hybridized carbons (Fsp3) is 0.818. The van der Waals surface area contributed by atoms with Crippen LogP contribution in [0.2, 0.25) is 0 Å². The van der Waals surface area contributed by atoms with Crippen LogP contribution in [0.25, 0.3) is 0 Å². The fourth-order valence-electron chi connectivity index (χ4n) is 11.5. The van der Waals surface area contributed by atoms with Crippen LogP contribution in [0.15, 0.2) is 22.0 Å². The lowest BCUT2D eigenvalue weighted by Gasteiger charge is -2.73. The van der Waals surface area contributed by atoms with E-state index in [1.54, 1.807) is 16.9 Å². The molecule has 8 atom stereocenters. The molecule has 0 aromatic carbocycles. The van der Waals surface area contributed by atoms with E-state index in [0.29, 0.717) is 29.5 Å². The van der Waals surface area contributed by atoms with E-state index in [9.17, 15) is 9.90 Å². The van der Waals surface area contributed by atoms with Crippen molar-refractivity contribution in [3.05, 3.63) is 22.0 Å². The molecule has 6 rings (SSSR count). The number of anilines is 1. The van der Waals surface area contributed by atoms with Crippen molar-refractivity contribution in [2.24, 2.45) is 50.7 Å². The van der Waals surface area contributed by atoms with Crippen LogP contribution >= 0.6 is 11.3 Å². The summed E-state index contributed by atoms with van der Waals surface area (Å²) in [6.45, 7) is 19.3. The summed E-state index contributed by atoms with van der Waals surface area (Å²) in [5.74, 6) is 3.18. The maximum absolute atomic E-state index is 13.3. The summed E-state index contributed by atoms with van der Waals surface area (Å²) in [7, 11) is 0. The Balaban J connectivity index is 1.37. The molecule has 0 saturated heterocycles. The Bertz CT molecular complexity index is 1170. The fourth-order valence-corrected chi connectivity index (χ4v) is 12.0. The second kappa shape index (κ2) is 8.18. The van der Waals surface area contributed by atoms with Crippen molar-refractivity contribution in [2.75, 3.05) is 5.32 Å². The van der Waals surface area contributed by atoms with Gasteiger partial charge in [0.15, 0.2) is 5.78 Å². The zero-order valence-electron chi connectivity index (χ0n) is 25.0. The van der Waals surface area contributed by atoms with Crippen molar-refractivity contribution in [1.82, 2.24) is 4.98 Å². The number of nitrogens with one attached hydrogen (secondary N) is 1. The average Bonchev–Trinajstić information content (AvgIpc) is 3.42. The van der Waals surface area contributed by atoms with Gasteiger partial charge in [0.1, 0.15) is 11.5 Å². The van der Waals surface area contributed by atoms with Crippen molar-refractivity contribution < 1.29 is 9.90 Å². The van der Waals surface area contributed by atoms with Gasteiger partial charge in [-0.05, 0) is 102 Å². The van der Waals surface area contributed by atoms with Crippen LogP contribution in [0.3, 0.4) is 0 Å². The number of fused-ring (bicyclic) bond motifs is 7. The second-order valence-electron chi connectivity index (χ2n) is 15.8. The van der Waals surface area contributed by atoms with Gasteiger partial charge >= 0.3 is 0 Å². The lowest BCUT2D eigenvalue weighted by molar-refractivity contribution is -0.245. The van der Waals surface area contributed by atoms with Crippen LogP contribution in [-0.2, 0) is 4.79 Å². The molecule has 0 unspecified atom stereocenters. The molecule has 1 aromatic heterocycles. The third-order valence-corrected chi connectivity index (χ3v) is 14.4. The number of allylic oxidation sites excluding steroid dienone is 2. The van der Waals surface area contributed by atoms with E-state index in [4.69, 9.17) is 0 Å². The second-order valence-corrected chi connectivity index (χ2v) is 16.6. The van der Waals surface area contributed by atoms with E-state index in [1.165, 1.54) is 31.3 Å². The minimum atomic E-state index is -0.950. The number of rotatable bonds is 3. The highest BCUT2D eigenvalue weighted by Gasteiger charge is 2.71. The summed E-state index contributed by atoms with van der Waals surface area (Å²) in [6, 6.07) is 0. The lowest BCUT2D eigenvalue weighted by Crippen LogP contribution is -2.69. The van der Waals surface area contributed by atoms with Crippen molar-refractivity contribution in [2.45, 2.75) is 119 Å². The third-order valence-electron chi connectivity index (χ3n) is 13.8. The number of hydrogen-bond donors (Lipinski definition) is 2. The van der Waals surface area contributed by atoms with Gasteiger partial charge < -0.3 is 10.4 Å². The van der Waals surface area contributed by atoms with Gasteiger partial charge in [-0.25, -0.2) is 4.98 Å². The number of carbonyl (C=O) groups is 1. The van der Waals surface area contributed by atoms with Crippen molar-refractivity contribution >= 4 is 22.9 Å². The van der Waals surface area contributed by atoms with E-state index in [1.807, 2.05) is 10.9 Å². The topological polar surface area (TPSA) is 62.2 Å². The largest absolute Gasteiger partial charge is 0.370 e. The molecule has 1 aromatic rings. The molecule has 0 aliphatic heterocycles. The highest BCUT2D eigenvalue weighted by atomic mass is 32.1. The summed E-state index contributed by atoms with van der Waals surface area (Å²) < 4.78 is 0. The minimum Gasteiger partial charge on any atom is -0.370 e. The average molecular weight is 539 g/mol. The number of hydrogen-bond acceptors (Lipinski definition) is 5. The minimum absolute atomic E-state index is 0.0792. The number of nitrogens with zero attached hydrogens (tertiary/aromatic N) is 1. The van der Waals surface area contributed by atoms with Gasteiger partial charge in [-0.15, -0.1) is 11.3 Å². The molecule has 0 bridgehead atoms. The molecular weight excluding hydrogens is 488 g/mol. The van der Waals surface area contributed by atoms with Crippen LogP contribution in [0.5, 0.6) is 0 Å². The third kappa shape index (κ3) is 3.24.